The summed E-state index contributed by atoms with van der Waals surface area (Å²) in [6.45, 7) is -0.208. The number of nitrogens with zero attached hydrogens (tertiary/aromatic N) is 1. The predicted molar refractivity (Wildman–Crippen MR) is 63.9 cm³/mol. The molecule has 0 spiro atoms. The highest BCUT2D eigenvalue weighted by Crippen LogP contribution is 2.14. The molecule has 0 atom stereocenters. The minimum atomic E-state index is -0.786. The van der Waals surface area contributed by atoms with Gasteiger partial charge in [-0.1, -0.05) is 12.1 Å². The number of ether oxygens (including phenoxy) is 1. The van der Waals surface area contributed by atoms with Gasteiger partial charge < -0.3 is 16.2 Å². The van der Waals surface area contributed by atoms with E-state index in [0.29, 0.717) is 11.3 Å². The first-order chi connectivity index (χ1) is 8.52. The largest absolute Gasteiger partial charge is 0.484 e. The molecule has 1 rings (SSSR count). The number of nitriles is 1. The Bertz CT molecular complexity index is 526. The molecule has 0 unspecified atom stereocenters. The van der Waals surface area contributed by atoms with Gasteiger partial charge >= 0.3 is 0 Å². The Morgan fingerprint density at radius 2 is 1.89 bits per heavy atom. The molecule has 1 aromatic carbocycles. The van der Waals surface area contributed by atoms with Crippen molar-refractivity contribution in [2.75, 3.05) is 6.61 Å². The van der Waals surface area contributed by atoms with E-state index in [0.717, 1.165) is 0 Å². The van der Waals surface area contributed by atoms with Crippen molar-refractivity contribution < 1.29 is 14.3 Å². The molecule has 6 nitrogen and oxygen atoms in total. The minimum Gasteiger partial charge on any atom is -0.484 e. The lowest BCUT2D eigenvalue weighted by Crippen LogP contribution is -2.19. The zero-order chi connectivity index (χ0) is 13.5. The van der Waals surface area contributed by atoms with Crippen molar-refractivity contribution in [2.45, 2.75) is 0 Å². The number of carbonyl (C=O) groups is 2. The van der Waals surface area contributed by atoms with Crippen molar-refractivity contribution in [3.63, 3.8) is 0 Å². The first-order valence-corrected chi connectivity index (χ1v) is 4.95. The SMILES string of the molecule is N#C/C(=C\c1ccc(OCC(N)=O)cc1)C(N)=O. The predicted octanol–water partition coefficient (Wildman–Crippen LogP) is -0.0570. The van der Waals surface area contributed by atoms with Crippen LogP contribution in [-0.4, -0.2) is 18.4 Å². The second-order valence-corrected chi connectivity index (χ2v) is 3.36. The summed E-state index contributed by atoms with van der Waals surface area (Å²) in [5, 5.41) is 8.66. The Morgan fingerprint density at radius 3 is 2.33 bits per heavy atom. The maximum absolute atomic E-state index is 10.8. The van der Waals surface area contributed by atoms with Crippen molar-refractivity contribution in [2.24, 2.45) is 11.5 Å². The molecule has 18 heavy (non-hydrogen) atoms. The third-order valence-electron chi connectivity index (χ3n) is 1.96. The number of amides is 2. The van der Waals surface area contributed by atoms with Crippen LogP contribution in [0.2, 0.25) is 0 Å². The van der Waals surface area contributed by atoms with E-state index in [1.807, 2.05) is 0 Å². The van der Waals surface area contributed by atoms with E-state index < -0.39 is 11.8 Å². The van der Waals surface area contributed by atoms with Crippen molar-refractivity contribution in [1.82, 2.24) is 0 Å². The van der Waals surface area contributed by atoms with Crippen LogP contribution in [0.4, 0.5) is 0 Å². The summed E-state index contributed by atoms with van der Waals surface area (Å²) < 4.78 is 5.05. The molecule has 92 valence electrons. The Kier molecular flexibility index (Phi) is 4.46. The van der Waals surface area contributed by atoms with Gasteiger partial charge in [0.2, 0.25) is 0 Å². The fourth-order valence-corrected chi connectivity index (χ4v) is 1.14. The lowest BCUT2D eigenvalue weighted by molar-refractivity contribution is -0.120. The van der Waals surface area contributed by atoms with E-state index in [9.17, 15) is 9.59 Å². The Morgan fingerprint density at radius 1 is 1.28 bits per heavy atom. The Labute approximate surface area is 103 Å². The van der Waals surface area contributed by atoms with Crippen LogP contribution < -0.4 is 16.2 Å². The van der Waals surface area contributed by atoms with E-state index >= 15 is 0 Å². The average molecular weight is 245 g/mol. The van der Waals surface area contributed by atoms with Crippen LogP contribution in [0.25, 0.3) is 6.08 Å². The van der Waals surface area contributed by atoms with Gasteiger partial charge in [0.15, 0.2) is 6.61 Å². The Hall–Kier alpha value is -2.81. The summed E-state index contributed by atoms with van der Waals surface area (Å²) in [6.07, 6.45) is 1.36. The number of primary amides is 2. The molecule has 0 aliphatic carbocycles. The maximum atomic E-state index is 10.8. The molecule has 0 saturated heterocycles. The number of hydrogen-bond donors (Lipinski definition) is 2. The van der Waals surface area contributed by atoms with Gasteiger partial charge in [-0.2, -0.15) is 5.26 Å². The molecule has 0 aromatic heterocycles. The average Bonchev–Trinajstić information content (AvgIpc) is 2.34. The van der Waals surface area contributed by atoms with Crippen molar-refractivity contribution in [3.8, 4) is 11.8 Å². The highest BCUT2D eigenvalue weighted by atomic mass is 16.5. The van der Waals surface area contributed by atoms with E-state index in [1.165, 1.54) is 6.08 Å². The van der Waals surface area contributed by atoms with Gasteiger partial charge in [0.05, 0.1) is 0 Å². The monoisotopic (exact) mass is 245 g/mol. The summed E-state index contributed by atoms with van der Waals surface area (Å²) in [4.78, 5) is 21.3. The molecular formula is C12H11N3O3. The number of nitrogens with two attached hydrogens (primary N) is 2. The van der Waals surface area contributed by atoms with E-state index in [4.69, 9.17) is 21.5 Å². The summed E-state index contributed by atoms with van der Waals surface area (Å²) in [6, 6.07) is 8.12. The van der Waals surface area contributed by atoms with Gasteiger partial charge in [-0.3, -0.25) is 9.59 Å². The molecule has 0 saturated carbocycles. The number of hydrogen-bond acceptors (Lipinski definition) is 4. The van der Waals surface area contributed by atoms with Crippen LogP contribution >= 0.6 is 0 Å². The lowest BCUT2D eigenvalue weighted by atomic mass is 10.1. The standard InChI is InChI=1S/C12H11N3O3/c13-6-9(12(15)17)5-8-1-3-10(4-2-8)18-7-11(14)16/h1-5H,7H2,(H2,14,16)(H2,15,17)/b9-5+. The van der Waals surface area contributed by atoms with Gasteiger partial charge in [0, 0.05) is 0 Å². The van der Waals surface area contributed by atoms with Crippen LogP contribution in [0.15, 0.2) is 29.8 Å². The summed E-state index contributed by atoms with van der Waals surface area (Å²) in [5.41, 5.74) is 10.4. The first kappa shape index (κ1) is 13.3. The molecule has 0 aliphatic heterocycles. The molecule has 2 amide bonds. The van der Waals surface area contributed by atoms with Crippen LogP contribution in [0.5, 0.6) is 5.75 Å². The topological polar surface area (TPSA) is 119 Å². The molecule has 1 aromatic rings. The molecule has 0 bridgehead atoms. The number of rotatable bonds is 5. The van der Waals surface area contributed by atoms with E-state index in [2.05, 4.69) is 0 Å². The van der Waals surface area contributed by atoms with Gasteiger partial charge in [0.25, 0.3) is 11.8 Å². The molecule has 0 aliphatic rings. The van der Waals surface area contributed by atoms with Crippen LogP contribution in [-0.2, 0) is 9.59 Å². The summed E-state index contributed by atoms with van der Waals surface area (Å²) in [7, 11) is 0. The molecule has 6 heteroatoms. The van der Waals surface area contributed by atoms with Crippen molar-refractivity contribution in [1.29, 1.82) is 5.26 Å². The fraction of sp³-hybridized carbons (Fsp3) is 0.0833. The van der Waals surface area contributed by atoms with Crippen molar-refractivity contribution in [3.05, 3.63) is 35.4 Å². The van der Waals surface area contributed by atoms with Gasteiger partial charge in [-0.05, 0) is 23.8 Å². The molecule has 0 fully saturated rings. The second-order valence-electron chi connectivity index (χ2n) is 3.36. The van der Waals surface area contributed by atoms with E-state index in [-0.39, 0.29) is 12.2 Å². The Balaban J connectivity index is 2.80. The molecule has 0 radical (unpaired) electrons. The third-order valence-corrected chi connectivity index (χ3v) is 1.96. The zero-order valence-electron chi connectivity index (χ0n) is 9.42. The third kappa shape index (κ3) is 3.98. The highest BCUT2D eigenvalue weighted by Gasteiger charge is 2.03. The lowest BCUT2D eigenvalue weighted by Gasteiger charge is -2.03. The molecular weight excluding hydrogens is 234 g/mol. The zero-order valence-corrected chi connectivity index (χ0v) is 9.42. The molecule has 0 heterocycles. The van der Waals surface area contributed by atoms with Crippen LogP contribution in [0.3, 0.4) is 0 Å². The maximum Gasteiger partial charge on any atom is 0.259 e. The number of benzene rings is 1. The fourth-order valence-electron chi connectivity index (χ4n) is 1.14. The highest BCUT2D eigenvalue weighted by molar-refractivity contribution is 6.00. The minimum absolute atomic E-state index is 0.138. The van der Waals surface area contributed by atoms with Crippen LogP contribution in [0.1, 0.15) is 5.56 Å². The number of carbonyl (C=O) groups excluding carboxylic acids is 2. The summed E-state index contributed by atoms with van der Waals surface area (Å²) >= 11 is 0. The second kappa shape index (κ2) is 6.06. The summed E-state index contributed by atoms with van der Waals surface area (Å²) in [5.74, 6) is -0.894. The first-order valence-electron chi connectivity index (χ1n) is 4.95. The smallest absolute Gasteiger partial charge is 0.259 e. The van der Waals surface area contributed by atoms with Gasteiger partial charge in [-0.15, -0.1) is 0 Å². The van der Waals surface area contributed by atoms with Gasteiger partial charge in [0.1, 0.15) is 17.4 Å². The normalized spacial score (nSPS) is 10.5. The van der Waals surface area contributed by atoms with E-state index in [1.54, 1.807) is 30.3 Å². The quantitative estimate of drug-likeness (QED) is 0.557. The van der Waals surface area contributed by atoms with Gasteiger partial charge in [-0.25, -0.2) is 0 Å². The van der Waals surface area contributed by atoms with Crippen LogP contribution in [0, 0.1) is 11.3 Å². The molecule has 4 N–H and O–H groups in total. The van der Waals surface area contributed by atoms with Crippen molar-refractivity contribution >= 4 is 17.9 Å².